The molecule has 0 aliphatic heterocycles. The minimum atomic E-state index is -4.26. The second-order valence-corrected chi connectivity index (χ2v) is 15.7. The minimum Gasteiger partial charge on any atom is -0.457 e. The molecule has 3 N–H and O–H groups in total. The van der Waals surface area contributed by atoms with E-state index in [9.17, 15) is 14.3 Å². The fraction of sp³-hybridized carbons (Fsp3) is 0.927. The summed E-state index contributed by atoms with van der Waals surface area (Å²) < 4.78 is 33.3. The van der Waals surface area contributed by atoms with E-state index < -0.39 is 13.9 Å². The van der Waals surface area contributed by atoms with E-state index in [1.54, 1.807) is 0 Å². The molecule has 0 fully saturated rings. The van der Waals surface area contributed by atoms with Crippen LogP contribution in [0, 0.1) is 0 Å². The van der Waals surface area contributed by atoms with E-state index >= 15 is 0 Å². The number of hydrogen-bond donors (Lipinski definition) is 2. The van der Waals surface area contributed by atoms with Crippen molar-refractivity contribution in [3.05, 3.63) is 12.2 Å². The van der Waals surface area contributed by atoms with Crippen molar-refractivity contribution in [2.24, 2.45) is 5.73 Å². The van der Waals surface area contributed by atoms with Gasteiger partial charge in [0.05, 0.1) is 19.8 Å². The first kappa shape index (κ1) is 49.2. The molecule has 298 valence electrons. The van der Waals surface area contributed by atoms with Crippen molar-refractivity contribution < 1.29 is 32.8 Å². The van der Waals surface area contributed by atoms with E-state index in [-0.39, 0.29) is 32.3 Å². The third kappa shape index (κ3) is 38.5. The Hall–Kier alpha value is -0.760. The summed E-state index contributed by atoms with van der Waals surface area (Å²) in [6, 6.07) is 0. The Labute approximate surface area is 309 Å². The van der Waals surface area contributed by atoms with Crippen molar-refractivity contribution in [3.63, 3.8) is 0 Å². The first-order valence-electron chi connectivity index (χ1n) is 21.2. The summed E-state index contributed by atoms with van der Waals surface area (Å²) in [5.74, 6) is -0.330. The van der Waals surface area contributed by atoms with Gasteiger partial charge >= 0.3 is 13.8 Å². The van der Waals surface area contributed by atoms with Crippen molar-refractivity contribution in [1.29, 1.82) is 0 Å². The molecule has 0 bridgehead atoms. The molecular weight excluding hydrogens is 649 g/mol. The van der Waals surface area contributed by atoms with Gasteiger partial charge in [0, 0.05) is 19.6 Å². The molecule has 0 aromatic carbocycles. The maximum atomic E-state index is 12.5. The van der Waals surface area contributed by atoms with Crippen molar-refractivity contribution >= 4 is 13.8 Å². The van der Waals surface area contributed by atoms with Crippen LogP contribution in [0.2, 0.25) is 0 Å². The maximum absolute atomic E-state index is 12.5. The van der Waals surface area contributed by atoms with E-state index in [4.69, 9.17) is 24.3 Å². The average molecular weight is 732 g/mol. The number of carbonyl (C=O) groups excluding carboxylic acids is 1. The predicted octanol–water partition coefficient (Wildman–Crippen LogP) is 12.3. The summed E-state index contributed by atoms with van der Waals surface area (Å²) >= 11 is 0. The van der Waals surface area contributed by atoms with Crippen LogP contribution in [-0.2, 0) is 27.9 Å². The maximum Gasteiger partial charge on any atom is 0.472 e. The second-order valence-electron chi connectivity index (χ2n) is 14.2. The first-order valence-corrected chi connectivity index (χ1v) is 22.7. The number of esters is 1. The molecule has 0 aromatic rings. The zero-order chi connectivity index (χ0) is 36.6. The summed E-state index contributed by atoms with van der Waals surface area (Å²) in [5, 5.41) is 0. The minimum absolute atomic E-state index is 0.0925. The highest BCUT2D eigenvalue weighted by atomic mass is 31.2. The van der Waals surface area contributed by atoms with Gasteiger partial charge in [-0.15, -0.1) is 0 Å². The Kier molecular flexibility index (Phi) is 38.8. The Balaban J connectivity index is 3.86. The zero-order valence-electron chi connectivity index (χ0n) is 32.9. The van der Waals surface area contributed by atoms with Crippen LogP contribution in [0.5, 0.6) is 0 Å². The smallest absolute Gasteiger partial charge is 0.457 e. The summed E-state index contributed by atoms with van der Waals surface area (Å²) in [6.45, 7) is 4.93. The van der Waals surface area contributed by atoms with Crippen molar-refractivity contribution in [2.75, 3.05) is 33.0 Å². The molecule has 0 saturated carbocycles. The molecule has 0 amide bonds. The van der Waals surface area contributed by atoms with Crippen LogP contribution >= 0.6 is 7.82 Å². The molecule has 9 heteroatoms. The highest BCUT2D eigenvalue weighted by Gasteiger charge is 2.25. The van der Waals surface area contributed by atoms with Crippen LogP contribution in [0.1, 0.15) is 206 Å². The number of rotatable bonds is 41. The lowest BCUT2D eigenvalue weighted by atomic mass is 10.0. The lowest BCUT2D eigenvalue weighted by Gasteiger charge is -2.20. The normalized spacial score (nSPS) is 13.6. The van der Waals surface area contributed by atoms with Crippen molar-refractivity contribution in [1.82, 2.24) is 0 Å². The molecule has 2 unspecified atom stereocenters. The third-order valence-corrected chi connectivity index (χ3v) is 10.2. The number of nitrogens with two attached hydrogens (primary N) is 1. The molecule has 2 atom stereocenters. The van der Waals surface area contributed by atoms with Gasteiger partial charge in [0.1, 0.15) is 6.10 Å². The summed E-state index contributed by atoms with van der Waals surface area (Å²) in [4.78, 5) is 22.4. The Morgan fingerprint density at radius 2 is 1.00 bits per heavy atom. The molecule has 0 aliphatic rings. The van der Waals surface area contributed by atoms with Gasteiger partial charge in [-0.2, -0.15) is 0 Å². The van der Waals surface area contributed by atoms with Gasteiger partial charge in [-0.1, -0.05) is 174 Å². The number of phosphoric ester groups is 1. The van der Waals surface area contributed by atoms with Gasteiger partial charge in [-0.25, -0.2) is 4.57 Å². The fourth-order valence-electron chi connectivity index (χ4n) is 6.05. The average Bonchev–Trinajstić information content (AvgIpc) is 3.10. The first-order chi connectivity index (χ1) is 24.4. The molecule has 0 spiro atoms. The molecule has 0 aromatic heterocycles. The largest absolute Gasteiger partial charge is 0.472 e. The van der Waals surface area contributed by atoms with Gasteiger partial charge in [0.15, 0.2) is 0 Å². The fourth-order valence-corrected chi connectivity index (χ4v) is 6.82. The van der Waals surface area contributed by atoms with Gasteiger partial charge in [0.2, 0.25) is 0 Å². The SMILES string of the molecule is CCCCCCCCCC/C=C\CCCCCCCCCCCCCC(=O)OC(COCCCCCCCCCC)COP(=O)(O)OCCN. The summed E-state index contributed by atoms with van der Waals surface area (Å²) in [7, 11) is -4.26. The molecule has 0 rings (SSSR count). The van der Waals surface area contributed by atoms with E-state index in [0.29, 0.717) is 13.0 Å². The standard InChI is InChI=1S/C41H82NO7P/c1-3-5-7-9-11-13-14-15-16-17-18-19-20-21-22-23-24-25-26-27-28-30-32-34-41(43)49-40(39-48-50(44,45)47-37-35-42)38-46-36-33-31-29-12-10-8-6-4-2/h17-18,40H,3-16,19-39,42H2,1-2H3,(H,44,45)/b18-17-. The van der Waals surface area contributed by atoms with Crippen LogP contribution in [0.15, 0.2) is 12.2 Å². The highest BCUT2D eigenvalue weighted by Crippen LogP contribution is 2.43. The topological polar surface area (TPSA) is 117 Å². The molecule has 0 saturated heterocycles. The van der Waals surface area contributed by atoms with E-state index in [0.717, 1.165) is 32.1 Å². The van der Waals surface area contributed by atoms with Gasteiger partial charge in [-0.05, 0) is 38.5 Å². The van der Waals surface area contributed by atoms with Crippen LogP contribution < -0.4 is 5.73 Å². The Morgan fingerprint density at radius 3 is 1.46 bits per heavy atom. The Morgan fingerprint density at radius 1 is 0.580 bits per heavy atom. The predicted molar refractivity (Wildman–Crippen MR) is 210 cm³/mol. The quantitative estimate of drug-likeness (QED) is 0.0276. The summed E-state index contributed by atoms with van der Waals surface area (Å²) in [6.07, 6.45) is 41.0. The number of unbranched alkanes of at least 4 members (excludes halogenated alkanes) is 26. The lowest BCUT2D eigenvalue weighted by molar-refractivity contribution is -0.154. The second kappa shape index (κ2) is 39.4. The number of phosphoric acid groups is 1. The van der Waals surface area contributed by atoms with Gasteiger partial charge in [-0.3, -0.25) is 13.8 Å². The summed E-state index contributed by atoms with van der Waals surface area (Å²) in [5.41, 5.74) is 5.35. The van der Waals surface area contributed by atoms with Crippen LogP contribution in [0.25, 0.3) is 0 Å². The molecular formula is C41H82NO7P. The van der Waals surface area contributed by atoms with Crippen LogP contribution in [-0.4, -0.2) is 49.9 Å². The van der Waals surface area contributed by atoms with E-state index in [2.05, 4.69) is 26.0 Å². The van der Waals surface area contributed by atoms with Crippen LogP contribution in [0.3, 0.4) is 0 Å². The zero-order valence-corrected chi connectivity index (χ0v) is 33.8. The molecule has 0 heterocycles. The van der Waals surface area contributed by atoms with Crippen molar-refractivity contribution in [2.45, 2.75) is 213 Å². The Bertz CT molecular complexity index is 782. The lowest BCUT2D eigenvalue weighted by Crippen LogP contribution is -2.28. The van der Waals surface area contributed by atoms with Crippen LogP contribution in [0.4, 0.5) is 0 Å². The van der Waals surface area contributed by atoms with Crippen molar-refractivity contribution in [3.8, 4) is 0 Å². The molecule has 50 heavy (non-hydrogen) atoms. The highest BCUT2D eigenvalue weighted by molar-refractivity contribution is 7.47. The molecule has 0 radical (unpaired) electrons. The van der Waals surface area contributed by atoms with Gasteiger partial charge < -0.3 is 20.1 Å². The monoisotopic (exact) mass is 732 g/mol. The third-order valence-electron chi connectivity index (χ3n) is 9.18. The molecule has 8 nitrogen and oxygen atoms in total. The van der Waals surface area contributed by atoms with E-state index in [1.807, 2.05) is 0 Å². The number of hydrogen-bond acceptors (Lipinski definition) is 7. The van der Waals surface area contributed by atoms with E-state index in [1.165, 1.54) is 154 Å². The molecule has 0 aliphatic carbocycles. The number of carbonyl (C=O) groups is 1. The number of allylic oxidation sites excluding steroid dienone is 2. The number of ether oxygens (including phenoxy) is 2. The van der Waals surface area contributed by atoms with Gasteiger partial charge in [0.25, 0.3) is 0 Å².